The molecular weight excluding hydrogens is 266 g/mol. The Balaban J connectivity index is 2.24. The number of aryl methyl sites for hydroxylation is 1. The normalized spacial score (nSPS) is 25.4. The Hall–Kier alpha value is -1.95. The molecule has 0 aromatic carbocycles. The van der Waals surface area contributed by atoms with E-state index in [2.05, 4.69) is 4.98 Å². The summed E-state index contributed by atoms with van der Waals surface area (Å²) in [6, 6.07) is 1.80. The fourth-order valence-corrected chi connectivity index (χ4v) is 2.06. The quantitative estimate of drug-likeness (QED) is 0.733. The maximum atomic E-state index is 11.9. The van der Waals surface area contributed by atoms with Crippen LogP contribution in [0.15, 0.2) is 11.0 Å². The highest BCUT2D eigenvalue weighted by Crippen LogP contribution is 2.28. The molecule has 20 heavy (non-hydrogen) atoms. The Labute approximate surface area is 114 Å². The lowest BCUT2D eigenvalue weighted by atomic mass is 10.2. The topological polar surface area (TPSA) is 118 Å². The number of nitrogens with zero attached hydrogens (tertiary/aromatic N) is 3. The molecule has 3 atom stereocenters. The molecule has 1 aromatic heterocycles. The largest absolute Gasteiger partial charge is 0.462 e. The molecule has 0 aliphatic carbocycles. The average Bonchev–Trinajstić information content (AvgIpc) is 2.80. The molecule has 108 valence electrons. The van der Waals surface area contributed by atoms with Crippen LogP contribution in [0.3, 0.4) is 0 Å². The van der Waals surface area contributed by atoms with Crippen molar-refractivity contribution in [1.29, 1.82) is 5.26 Å². The van der Waals surface area contributed by atoms with Crippen LogP contribution < -0.4 is 10.4 Å². The second-order valence-corrected chi connectivity index (χ2v) is 4.48. The molecule has 1 aromatic rings. The van der Waals surface area contributed by atoms with Crippen molar-refractivity contribution in [1.82, 2.24) is 9.55 Å². The lowest BCUT2D eigenvalue weighted by Crippen LogP contribution is -2.28. The van der Waals surface area contributed by atoms with Crippen LogP contribution in [0, 0.1) is 18.3 Å². The van der Waals surface area contributed by atoms with Gasteiger partial charge in [0.2, 0.25) is 5.88 Å². The summed E-state index contributed by atoms with van der Waals surface area (Å²) < 4.78 is 11.7. The Kier molecular flexibility index (Phi) is 4.34. The highest BCUT2D eigenvalue weighted by Gasteiger charge is 2.35. The van der Waals surface area contributed by atoms with Gasteiger partial charge in [-0.2, -0.15) is 10.2 Å². The highest BCUT2D eigenvalue weighted by atomic mass is 16.5. The molecule has 1 aliphatic rings. The lowest BCUT2D eigenvalue weighted by Gasteiger charge is -2.15. The van der Waals surface area contributed by atoms with Gasteiger partial charge in [-0.1, -0.05) is 0 Å². The molecule has 1 fully saturated rings. The minimum Gasteiger partial charge on any atom is -0.462 e. The molecule has 1 saturated heterocycles. The Morgan fingerprint density at radius 2 is 2.45 bits per heavy atom. The predicted molar refractivity (Wildman–Crippen MR) is 66.0 cm³/mol. The van der Waals surface area contributed by atoms with Gasteiger partial charge in [-0.3, -0.25) is 4.57 Å². The zero-order valence-corrected chi connectivity index (χ0v) is 10.9. The van der Waals surface area contributed by atoms with E-state index in [1.54, 1.807) is 13.0 Å². The summed E-state index contributed by atoms with van der Waals surface area (Å²) >= 11 is 0. The first kappa shape index (κ1) is 14.5. The van der Waals surface area contributed by atoms with E-state index >= 15 is 0 Å². The van der Waals surface area contributed by atoms with Gasteiger partial charge in [0.25, 0.3) is 0 Å². The summed E-state index contributed by atoms with van der Waals surface area (Å²) in [7, 11) is 0. The summed E-state index contributed by atoms with van der Waals surface area (Å²) in [4.78, 5) is 15.6. The number of nitriles is 1. The van der Waals surface area contributed by atoms with Crippen LogP contribution in [0.1, 0.15) is 18.2 Å². The molecule has 2 heterocycles. The molecule has 0 saturated carbocycles. The Morgan fingerprint density at radius 1 is 1.70 bits per heavy atom. The lowest BCUT2D eigenvalue weighted by molar-refractivity contribution is -0.0460. The molecule has 8 heteroatoms. The van der Waals surface area contributed by atoms with Crippen LogP contribution >= 0.6 is 0 Å². The maximum Gasteiger partial charge on any atom is 0.352 e. The molecular formula is C12H15N3O5. The number of hydrogen-bond donors (Lipinski definition) is 2. The minimum absolute atomic E-state index is 0.102. The van der Waals surface area contributed by atoms with Crippen LogP contribution in [-0.2, 0) is 4.74 Å². The molecule has 2 N–H and O–H groups in total. The van der Waals surface area contributed by atoms with E-state index in [1.165, 1.54) is 10.8 Å². The summed E-state index contributed by atoms with van der Waals surface area (Å²) in [5.41, 5.74) is -0.0234. The molecule has 0 bridgehead atoms. The Bertz CT molecular complexity index is 579. The van der Waals surface area contributed by atoms with E-state index in [1.807, 2.05) is 0 Å². The van der Waals surface area contributed by atoms with Gasteiger partial charge >= 0.3 is 5.69 Å². The van der Waals surface area contributed by atoms with Gasteiger partial charge in [-0.05, 0) is 6.92 Å². The summed E-state index contributed by atoms with van der Waals surface area (Å²) in [5, 5.41) is 27.1. The fraction of sp³-hybridized carbons (Fsp3) is 0.583. The van der Waals surface area contributed by atoms with E-state index in [9.17, 15) is 9.90 Å². The first-order valence-corrected chi connectivity index (χ1v) is 6.10. The number of hydrogen-bond acceptors (Lipinski definition) is 7. The summed E-state index contributed by atoms with van der Waals surface area (Å²) in [5.74, 6) is 0.102. The third kappa shape index (κ3) is 2.80. The minimum atomic E-state index is -0.827. The van der Waals surface area contributed by atoms with Gasteiger partial charge in [0.15, 0.2) is 6.61 Å². The van der Waals surface area contributed by atoms with Crippen molar-refractivity contribution in [2.45, 2.75) is 31.8 Å². The van der Waals surface area contributed by atoms with Crippen LogP contribution in [0.25, 0.3) is 0 Å². The van der Waals surface area contributed by atoms with Crippen LogP contribution in [-0.4, -0.2) is 45.2 Å². The van der Waals surface area contributed by atoms with Gasteiger partial charge in [-0.15, -0.1) is 0 Å². The van der Waals surface area contributed by atoms with Gasteiger partial charge < -0.3 is 19.7 Å². The van der Waals surface area contributed by atoms with E-state index in [4.69, 9.17) is 19.8 Å². The molecule has 8 nitrogen and oxygen atoms in total. The summed E-state index contributed by atoms with van der Waals surface area (Å²) in [6.45, 7) is 1.18. The van der Waals surface area contributed by atoms with Crippen LogP contribution in [0.5, 0.6) is 5.88 Å². The van der Waals surface area contributed by atoms with E-state index in [0.717, 1.165) is 0 Å². The van der Waals surface area contributed by atoms with Gasteiger partial charge in [0.1, 0.15) is 18.4 Å². The smallest absolute Gasteiger partial charge is 0.352 e. The van der Waals surface area contributed by atoms with Crippen molar-refractivity contribution in [3.8, 4) is 11.9 Å². The van der Waals surface area contributed by atoms with Crippen molar-refractivity contribution < 1.29 is 19.7 Å². The molecule has 0 radical (unpaired) electrons. The molecule has 2 rings (SSSR count). The third-order valence-electron chi connectivity index (χ3n) is 3.06. The highest BCUT2D eigenvalue weighted by molar-refractivity contribution is 5.21. The third-order valence-corrected chi connectivity index (χ3v) is 3.06. The van der Waals surface area contributed by atoms with Crippen molar-refractivity contribution in [2.75, 3.05) is 13.2 Å². The van der Waals surface area contributed by atoms with Gasteiger partial charge in [0.05, 0.1) is 12.7 Å². The first-order chi connectivity index (χ1) is 9.56. The average molecular weight is 281 g/mol. The Morgan fingerprint density at radius 3 is 3.05 bits per heavy atom. The number of rotatable bonds is 4. The zero-order chi connectivity index (χ0) is 14.7. The SMILES string of the molecule is Cc1cn([C@H]2C[C@H](O)[C@@H](CO)O2)c(=O)nc1OCC#N. The van der Waals surface area contributed by atoms with Crippen LogP contribution in [0.4, 0.5) is 0 Å². The van der Waals surface area contributed by atoms with Crippen LogP contribution in [0.2, 0.25) is 0 Å². The maximum absolute atomic E-state index is 11.9. The zero-order valence-electron chi connectivity index (χ0n) is 10.9. The van der Waals surface area contributed by atoms with E-state index < -0.39 is 24.1 Å². The molecule has 0 unspecified atom stereocenters. The fourth-order valence-electron chi connectivity index (χ4n) is 2.06. The second-order valence-electron chi connectivity index (χ2n) is 4.48. The van der Waals surface area contributed by atoms with Crippen molar-refractivity contribution >= 4 is 0 Å². The van der Waals surface area contributed by atoms with E-state index in [-0.39, 0.29) is 25.5 Å². The monoisotopic (exact) mass is 281 g/mol. The first-order valence-electron chi connectivity index (χ1n) is 6.10. The molecule has 1 aliphatic heterocycles. The van der Waals surface area contributed by atoms with E-state index in [0.29, 0.717) is 5.56 Å². The van der Waals surface area contributed by atoms with Crippen molar-refractivity contribution in [3.63, 3.8) is 0 Å². The number of aromatic nitrogens is 2. The number of aliphatic hydroxyl groups is 2. The van der Waals surface area contributed by atoms with Crippen molar-refractivity contribution in [3.05, 3.63) is 22.2 Å². The predicted octanol–water partition coefficient (Wildman–Crippen LogP) is -0.905. The van der Waals surface area contributed by atoms with Crippen molar-refractivity contribution in [2.24, 2.45) is 0 Å². The standard InChI is InChI=1S/C12H15N3O5/c1-7-5-15(10-4-8(17)9(6-16)20-10)12(18)14-11(7)19-3-2-13/h5,8-10,16-17H,3-4,6H2,1H3/t8-,9+,10+/m0/s1. The van der Waals surface area contributed by atoms with Gasteiger partial charge in [0, 0.05) is 18.2 Å². The number of ether oxygens (including phenoxy) is 2. The molecule has 0 spiro atoms. The molecule has 0 amide bonds. The second kappa shape index (κ2) is 6.00. The summed E-state index contributed by atoms with van der Waals surface area (Å²) in [6.07, 6.45) is -0.511. The van der Waals surface area contributed by atoms with Gasteiger partial charge in [-0.25, -0.2) is 4.79 Å². The number of aliphatic hydroxyl groups excluding tert-OH is 2.